The fraction of sp³-hybridized carbons (Fsp3) is 0.692. The summed E-state index contributed by atoms with van der Waals surface area (Å²) in [7, 11) is 0. The van der Waals surface area contributed by atoms with Crippen LogP contribution in [0.3, 0.4) is 0 Å². The number of amidine groups is 1. The zero-order valence-corrected chi connectivity index (χ0v) is 12.0. The molecule has 1 aromatic rings. The normalized spacial score (nSPS) is 20.1. The van der Waals surface area contributed by atoms with Crippen molar-refractivity contribution in [3.8, 4) is 0 Å². The molecule has 1 unspecified atom stereocenters. The molecule has 0 bridgehead atoms. The molecule has 3 N–H and O–H groups in total. The lowest BCUT2D eigenvalue weighted by Gasteiger charge is -2.33. The first-order valence-corrected chi connectivity index (χ1v) is 7.55. The van der Waals surface area contributed by atoms with E-state index in [-0.39, 0.29) is 5.84 Å². The van der Waals surface area contributed by atoms with Gasteiger partial charge in [-0.05, 0) is 32.6 Å². The molecular formula is C13H22N4S. The van der Waals surface area contributed by atoms with Gasteiger partial charge in [0.1, 0.15) is 5.84 Å². The highest BCUT2D eigenvalue weighted by Gasteiger charge is 2.23. The average Bonchev–Trinajstić information content (AvgIpc) is 2.74. The molecule has 2 rings (SSSR count). The van der Waals surface area contributed by atoms with E-state index in [9.17, 15) is 0 Å². The van der Waals surface area contributed by atoms with E-state index in [2.05, 4.69) is 18.7 Å². The SMILES string of the molecule is CCCc1nc(N2CCCCC2C)sc1C(=N)N. The number of hydrogen-bond donors (Lipinski definition) is 2. The Balaban J connectivity index is 2.27. The van der Waals surface area contributed by atoms with Crippen molar-refractivity contribution in [3.63, 3.8) is 0 Å². The minimum atomic E-state index is 0.159. The van der Waals surface area contributed by atoms with Crippen molar-refractivity contribution in [2.24, 2.45) is 5.73 Å². The number of piperidine rings is 1. The summed E-state index contributed by atoms with van der Waals surface area (Å²) < 4.78 is 0. The highest BCUT2D eigenvalue weighted by molar-refractivity contribution is 7.17. The molecule has 1 aliphatic heterocycles. The Morgan fingerprint density at radius 1 is 1.56 bits per heavy atom. The van der Waals surface area contributed by atoms with Crippen LogP contribution in [0.15, 0.2) is 0 Å². The van der Waals surface area contributed by atoms with Crippen molar-refractivity contribution < 1.29 is 0 Å². The number of nitrogen functional groups attached to an aromatic ring is 1. The number of nitrogens with zero attached hydrogens (tertiary/aromatic N) is 2. The average molecular weight is 266 g/mol. The Kier molecular flexibility index (Phi) is 4.22. The van der Waals surface area contributed by atoms with E-state index in [4.69, 9.17) is 16.1 Å². The quantitative estimate of drug-likeness (QED) is 0.650. The Labute approximate surface area is 113 Å². The van der Waals surface area contributed by atoms with Gasteiger partial charge in [0.15, 0.2) is 5.13 Å². The molecule has 0 aliphatic carbocycles. The molecule has 100 valence electrons. The van der Waals surface area contributed by atoms with Gasteiger partial charge in [-0.3, -0.25) is 5.41 Å². The largest absolute Gasteiger partial charge is 0.383 e. The maximum absolute atomic E-state index is 7.66. The molecule has 18 heavy (non-hydrogen) atoms. The van der Waals surface area contributed by atoms with Crippen LogP contribution in [0.4, 0.5) is 5.13 Å². The number of thiazole rings is 1. The van der Waals surface area contributed by atoms with Crippen LogP contribution in [0.2, 0.25) is 0 Å². The first kappa shape index (κ1) is 13.3. The molecule has 2 heterocycles. The number of nitrogens with two attached hydrogens (primary N) is 1. The number of anilines is 1. The number of rotatable bonds is 4. The molecule has 5 heteroatoms. The molecule has 1 aromatic heterocycles. The molecule has 1 saturated heterocycles. The van der Waals surface area contributed by atoms with Crippen molar-refractivity contribution in [3.05, 3.63) is 10.6 Å². The van der Waals surface area contributed by atoms with Crippen LogP contribution in [-0.2, 0) is 6.42 Å². The summed E-state index contributed by atoms with van der Waals surface area (Å²) in [4.78, 5) is 7.96. The summed E-state index contributed by atoms with van der Waals surface area (Å²) in [6, 6.07) is 0.555. The second-order valence-electron chi connectivity index (χ2n) is 4.97. The maximum atomic E-state index is 7.66. The number of aromatic nitrogens is 1. The Morgan fingerprint density at radius 2 is 2.33 bits per heavy atom. The first-order chi connectivity index (χ1) is 8.63. The van der Waals surface area contributed by atoms with Gasteiger partial charge >= 0.3 is 0 Å². The minimum absolute atomic E-state index is 0.159. The lowest BCUT2D eigenvalue weighted by atomic mass is 10.0. The van der Waals surface area contributed by atoms with E-state index in [0.717, 1.165) is 35.1 Å². The van der Waals surface area contributed by atoms with Crippen LogP contribution in [0.25, 0.3) is 0 Å². The summed E-state index contributed by atoms with van der Waals surface area (Å²) in [5.74, 6) is 0.159. The van der Waals surface area contributed by atoms with Gasteiger partial charge in [0.25, 0.3) is 0 Å². The van der Waals surface area contributed by atoms with Crippen LogP contribution in [0.1, 0.15) is 50.1 Å². The second kappa shape index (κ2) is 5.69. The topological polar surface area (TPSA) is 66.0 Å². The van der Waals surface area contributed by atoms with E-state index in [1.807, 2.05) is 0 Å². The number of hydrogen-bond acceptors (Lipinski definition) is 4. The van der Waals surface area contributed by atoms with Crippen molar-refractivity contribution in [1.29, 1.82) is 5.41 Å². The zero-order valence-electron chi connectivity index (χ0n) is 11.2. The molecule has 1 atom stereocenters. The molecule has 4 nitrogen and oxygen atoms in total. The summed E-state index contributed by atoms with van der Waals surface area (Å²) in [6.45, 7) is 5.47. The lowest BCUT2D eigenvalue weighted by molar-refractivity contribution is 0.484. The van der Waals surface area contributed by atoms with Crippen LogP contribution in [-0.4, -0.2) is 23.4 Å². The summed E-state index contributed by atoms with van der Waals surface area (Å²) >= 11 is 1.58. The third-order valence-corrected chi connectivity index (χ3v) is 4.63. The zero-order chi connectivity index (χ0) is 13.1. The van der Waals surface area contributed by atoms with Crippen molar-refractivity contribution >= 4 is 22.3 Å². The Morgan fingerprint density at radius 3 is 2.94 bits per heavy atom. The lowest BCUT2D eigenvalue weighted by Crippen LogP contribution is -2.37. The Hall–Kier alpha value is -1.10. The highest BCUT2D eigenvalue weighted by atomic mass is 32.1. The molecule has 0 saturated carbocycles. The van der Waals surface area contributed by atoms with Gasteiger partial charge in [-0.15, -0.1) is 0 Å². The van der Waals surface area contributed by atoms with Crippen LogP contribution < -0.4 is 10.6 Å². The smallest absolute Gasteiger partial charge is 0.186 e. The predicted octanol–water partition coefficient (Wildman–Crippen LogP) is 2.76. The monoisotopic (exact) mass is 266 g/mol. The van der Waals surface area contributed by atoms with Gasteiger partial charge in [0.2, 0.25) is 0 Å². The predicted molar refractivity (Wildman–Crippen MR) is 77.8 cm³/mol. The number of nitrogens with one attached hydrogen (secondary N) is 1. The van der Waals surface area contributed by atoms with Gasteiger partial charge in [-0.2, -0.15) is 0 Å². The van der Waals surface area contributed by atoms with Crippen LogP contribution in [0, 0.1) is 5.41 Å². The van der Waals surface area contributed by atoms with Gasteiger partial charge in [-0.25, -0.2) is 4.98 Å². The Bertz CT molecular complexity index is 427. The fourth-order valence-electron chi connectivity index (χ4n) is 2.46. The first-order valence-electron chi connectivity index (χ1n) is 6.74. The third-order valence-electron chi connectivity index (χ3n) is 3.47. The fourth-order valence-corrected chi connectivity index (χ4v) is 3.56. The van der Waals surface area contributed by atoms with E-state index in [1.54, 1.807) is 11.3 Å². The third kappa shape index (κ3) is 2.66. The van der Waals surface area contributed by atoms with Gasteiger partial charge < -0.3 is 10.6 Å². The standard InChI is InChI=1S/C13H22N4S/c1-3-6-10-11(12(14)15)18-13(16-10)17-8-5-4-7-9(17)2/h9H,3-8H2,1-2H3,(H3,14,15). The van der Waals surface area contributed by atoms with Crippen molar-refractivity contribution in [2.75, 3.05) is 11.4 Å². The van der Waals surface area contributed by atoms with Gasteiger partial charge in [0.05, 0.1) is 10.6 Å². The molecule has 0 radical (unpaired) electrons. The highest BCUT2D eigenvalue weighted by Crippen LogP contribution is 2.31. The van der Waals surface area contributed by atoms with E-state index in [0.29, 0.717) is 6.04 Å². The molecule has 0 aromatic carbocycles. The van der Waals surface area contributed by atoms with E-state index in [1.165, 1.54) is 19.3 Å². The summed E-state index contributed by atoms with van der Waals surface area (Å²) in [6.07, 6.45) is 5.73. The maximum Gasteiger partial charge on any atom is 0.186 e. The molecular weight excluding hydrogens is 244 g/mol. The van der Waals surface area contributed by atoms with Crippen LogP contribution >= 0.6 is 11.3 Å². The van der Waals surface area contributed by atoms with E-state index < -0.39 is 0 Å². The minimum Gasteiger partial charge on any atom is -0.383 e. The summed E-state index contributed by atoms with van der Waals surface area (Å²) in [5.41, 5.74) is 6.66. The van der Waals surface area contributed by atoms with Gasteiger partial charge in [0, 0.05) is 12.6 Å². The van der Waals surface area contributed by atoms with E-state index >= 15 is 0 Å². The second-order valence-corrected chi connectivity index (χ2v) is 5.95. The van der Waals surface area contributed by atoms with Crippen molar-refractivity contribution in [2.45, 2.75) is 52.0 Å². The number of aryl methyl sites for hydroxylation is 1. The summed E-state index contributed by atoms with van der Waals surface area (Å²) in [5, 5.41) is 8.71. The molecule has 1 aliphatic rings. The molecule has 1 fully saturated rings. The van der Waals surface area contributed by atoms with Crippen LogP contribution in [0.5, 0.6) is 0 Å². The van der Waals surface area contributed by atoms with Gasteiger partial charge in [-0.1, -0.05) is 24.7 Å². The molecule has 0 spiro atoms. The van der Waals surface area contributed by atoms with Crippen molar-refractivity contribution in [1.82, 2.24) is 4.98 Å². The molecule has 0 amide bonds.